The van der Waals surface area contributed by atoms with Crippen LogP contribution in [0.1, 0.15) is 35.2 Å². The third-order valence-corrected chi connectivity index (χ3v) is 4.12. The topological polar surface area (TPSA) is 98.3 Å². The molecule has 0 heterocycles. The van der Waals surface area contributed by atoms with Crippen molar-refractivity contribution in [3.8, 4) is 0 Å². The molecule has 136 valence electrons. The molecule has 0 bridgehead atoms. The SMILES string of the molecule is Cc1c(Cl)cccc1NC(=O)c1cccc(NC(=O)CCCC(=O)[O-])c1. The first-order chi connectivity index (χ1) is 12.4. The maximum absolute atomic E-state index is 12.4. The minimum absolute atomic E-state index is 0.0616. The zero-order chi connectivity index (χ0) is 19.1. The minimum Gasteiger partial charge on any atom is -0.550 e. The molecule has 0 saturated heterocycles. The number of amides is 2. The van der Waals surface area contributed by atoms with Gasteiger partial charge in [-0.15, -0.1) is 0 Å². The van der Waals surface area contributed by atoms with Gasteiger partial charge in [-0.1, -0.05) is 23.7 Å². The fourth-order valence-electron chi connectivity index (χ4n) is 2.29. The molecular formula is C19H18ClN2O4-. The first-order valence-electron chi connectivity index (χ1n) is 8.03. The zero-order valence-electron chi connectivity index (χ0n) is 14.2. The van der Waals surface area contributed by atoms with Crippen LogP contribution in [0.3, 0.4) is 0 Å². The van der Waals surface area contributed by atoms with Gasteiger partial charge in [0.15, 0.2) is 0 Å². The van der Waals surface area contributed by atoms with Crippen LogP contribution >= 0.6 is 11.6 Å². The second-order valence-corrected chi connectivity index (χ2v) is 6.13. The van der Waals surface area contributed by atoms with E-state index in [2.05, 4.69) is 10.6 Å². The number of benzene rings is 2. The molecule has 0 aliphatic carbocycles. The Bertz CT molecular complexity index is 836. The summed E-state index contributed by atoms with van der Waals surface area (Å²) >= 11 is 6.05. The van der Waals surface area contributed by atoms with E-state index in [0.717, 1.165) is 5.56 Å². The highest BCUT2D eigenvalue weighted by molar-refractivity contribution is 6.31. The van der Waals surface area contributed by atoms with Gasteiger partial charge in [0.05, 0.1) is 0 Å². The highest BCUT2D eigenvalue weighted by Gasteiger charge is 2.10. The highest BCUT2D eigenvalue weighted by Crippen LogP contribution is 2.23. The number of carbonyl (C=O) groups excluding carboxylic acids is 3. The van der Waals surface area contributed by atoms with Crippen LogP contribution in [0, 0.1) is 6.92 Å². The van der Waals surface area contributed by atoms with Crippen LogP contribution in [0.15, 0.2) is 42.5 Å². The van der Waals surface area contributed by atoms with E-state index in [0.29, 0.717) is 22.0 Å². The van der Waals surface area contributed by atoms with E-state index in [1.165, 1.54) is 0 Å². The molecule has 0 spiro atoms. The Morgan fingerprint density at radius 1 is 1.04 bits per heavy atom. The molecule has 6 nitrogen and oxygen atoms in total. The summed E-state index contributed by atoms with van der Waals surface area (Å²) in [6.07, 6.45) is 0.0867. The summed E-state index contributed by atoms with van der Waals surface area (Å²) < 4.78 is 0. The van der Waals surface area contributed by atoms with Crippen LogP contribution in [-0.2, 0) is 9.59 Å². The lowest BCUT2D eigenvalue weighted by molar-refractivity contribution is -0.305. The van der Waals surface area contributed by atoms with Gasteiger partial charge in [0.1, 0.15) is 0 Å². The number of rotatable bonds is 7. The van der Waals surface area contributed by atoms with E-state index in [9.17, 15) is 19.5 Å². The Kier molecular flexibility index (Phi) is 6.74. The summed E-state index contributed by atoms with van der Waals surface area (Å²) in [5.74, 6) is -1.84. The molecule has 2 aromatic carbocycles. The molecule has 0 fully saturated rings. The lowest BCUT2D eigenvalue weighted by atomic mass is 10.1. The molecular weight excluding hydrogens is 356 g/mol. The number of carboxylic acid groups (broad SMARTS) is 1. The predicted octanol–water partition coefficient (Wildman–Crippen LogP) is 2.76. The number of hydrogen-bond acceptors (Lipinski definition) is 4. The van der Waals surface area contributed by atoms with Crippen molar-refractivity contribution >= 4 is 40.8 Å². The molecule has 0 atom stereocenters. The lowest BCUT2D eigenvalue weighted by Gasteiger charge is -2.11. The van der Waals surface area contributed by atoms with Crippen molar-refractivity contribution in [2.45, 2.75) is 26.2 Å². The number of carboxylic acids is 1. The Labute approximate surface area is 156 Å². The van der Waals surface area contributed by atoms with Crippen molar-refractivity contribution in [1.82, 2.24) is 0 Å². The average Bonchev–Trinajstić information content (AvgIpc) is 2.59. The third-order valence-electron chi connectivity index (χ3n) is 3.71. The van der Waals surface area contributed by atoms with Gasteiger partial charge in [0.2, 0.25) is 5.91 Å². The van der Waals surface area contributed by atoms with Crippen molar-refractivity contribution in [2.75, 3.05) is 10.6 Å². The monoisotopic (exact) mass is 373 g/mol. The fraction of sp³-hybridized carbons (Fsp3) is 0.211. The predicted molar refractivity (Wildman–Crippen MR) is 98.1 cm³/mol. The van der Waals surface area contributed by atoms with Gasteiger partial charge in [-0.25, -0.2) is 0 Å². The number of carbonyl (C=O) groups is 3. The van der Waals surface area contributed by atoms with Crippen LogP contribution in [0.2, 0.25) is 5.02 Å². The third kappa shape index (κ3) is 5.60. The van der Waals surface area contributed by atoms with E-state index in [-0.39, 0.29) is 31.1 Å². The standard InChI is InChI=1S/C19H19ClN2O4/c1-12-15(20)7-3-8-16(12)22-19(26)13-5-2-6-14(11-13)21-17(23)9-4-10-18(24)25/h2-3,5-8,11H,4,9-10H2,1H3,(H,21,23)(H,22,26)(H,24,25)/p-1. The van der Waals surface area contributed by atoms with Gasteiger partial charge < -0.3 is 20.5 Å². The first kappa shape index (κ1) is 19.5. The second kappa shape index (κ2) is 9.01. The Morgan fingerprint density at radius 2 is 1.77 bits per heavy atom. The van der Waals surface area contributed by atoms with Gasteiger partial charge in [0.25, 0.3) is 5.91 Å². The quantitative estimate of drug-likeness (QED) is 0.779. The van der Waals surface area contributed by atoms with Gasteiger partial charge in [0, 0.05) is 34.4 Å². The molecule has 0 aliphatic rings. The Balaban J connectivity index is 2.01. The zero-order valence-corrected chi connectivity index (χ0v) is 14.9. The van der Waals surface area contributed by atoms with Gasteiger partial charge in [-0.05, 0) is 55.7 Å². The smallest absolute Gasteiger partial charge is 0.255 e. The van der Waals surface area contributed by atoms with Gasteiger partial charge >= 0.3 is 0 Å². The molecule has 0 saturated carbocycles. The van der Waals surface area contributed by atoms with E-state index in [4.69, 9.17) is 11.6 Å². The maximum Gasteiger partial charge on any atom is 0.255 e. The van der Waals surface area contributed by atoms with E-state index in [1.807, 2.05) is 0 Å². The fourth-order valence-corrected chi connectivity index (χ4v) is 2.47. The average molecular weight is 374 g/mol. The summed E-state index contributed by atoms with van der Waals surface area (Å²) in [6, 6.07) is 11.7. The van der Waals surface area contributed by atoms with Crippen molar-refractivity contribution in [3.63, 3.8) is 0 Å². The number of aliphatic carboxylic acids is 1. The van der Waals surface area contributed by atoms with Crippen molar-refractivity contribution in [3.05, 3.63) is 58.6 Å². The molecule has 2 aromatic rings. The first-order valence-corrected chi connectivity index (χ1v) is 8.41. The summed E-state index contributed by atoms with van der Waals surface area (Å²) in [6.45, 7) is 1.81. The Morgan fingerprint density at radius 3 is 2.50 bits per heavy atom. The summed E-state index contributed by atoms with van der Waals surface area (Å²) in [5, 5.41) is 16.3. The molecule has 0 aromatic heterocycles. The molecule has 0 radical (unpaired) electrons. The van der Waals surface area contributed by atoms with Crippen LogP contribution in [0.4, 0.5) is 11.4 Å². The molecule has 26 heavy (non-hydrogen) atoms. The van der Waals surface area contributed by atoms with E-state index >= 15 is 0 Å². The van der Waals surface area contributed by atoms with E-state index in [1.54, 1.807) is 49.4 Å². The van der Waals surface area contributed by atoms with Crippen molar-refractivity contribution < 1.29 is 19.5 Å². The highest BCUT2D eigenvalue weighted by atomic mass is 35.5. The molecule has 0 unspecified atom stereocenters. The number of anilines is 2. The summed E-state index contributed by atoms with van der Waals surface area (Å²) in [7, 11) is 0. The van der Waals surface area contributed by atoms with Gasteiger partial charge in [-0.3, -0.25) is 9.59 Å². The summed E-state index contributed by atoms with van der Waals surface area (Å²) in [5.41, 5.74) is 2.20. The van der Waals surface area contributed by atoms with Gasteiger partial charge in [-0.2, -0.15) is 0 Å². The second-order valence-electron chi connectivity index (χ2n) is 5.72. The van der Waals surface area contributed by atoms with Crippen molar-refractivity contribution in [1.29, 1.82) is 0 Å². The Hall–Kier alpha value is -2.86. The number of nitrogens with one attached hydrogen (secondary N) is 2. The van der Waals surface area contributed by atoms with Crippen LogP contribution in [0.25, 0.3) is 0 Å². The minimum atomic E-state index is -1.19. The summed E-state index contributed by atoms with van der Waals surface area (Å²) in [4.78, 5) is 34.6. The van der Waals surface area contributed by atoms with Crippen LogP contribution < -0.4 is 15.7 Å². The van der Waals surface area contributed by atoms with E-state index < -0.39 is 5.97 Å². The molecule has 2 N–H and O–H groups in total. The number of halogens is 1. The maximum atomic E-state index is 12.4. The van der Waals surface area contributed by atoms with Crippen LogP contribution in [-0.4, -0.2) is 17.8 Å². The molecule has 2 amide bonds. The molecule has 0 aliphatic heterocycles. The lowest BCUT2D eigenvalue weighted by Crippen LogP contribution is -2.22. The van der Waals surface area contributed by atoms with Crippen LogP contribution in [0.5, 0.6) is 0 Å². The molecule has 7 heteroatoms. The van der Waals surface area contributed by atoms with Crippen molar-refractivity contribution in [2.24, 2.45) is 0 Å². The largest absolute Gasteiger partial charge is 0.550 e. The normalized spacial score (nSPS) is 10.2. The number of hydrogen-bond donors (Lipinski definition) is 2. The molecule has 2 rings (SSSR count).